The Balaban J connectivity index is 0.000000111. The van der Waals surface area contributed by atoms with Crippen LogP contribution < -0.4 is 0 Å². The number of hydrogen-bond acceptors (Lipinski definition) is 1. The number of aryl methyl sites for hydroxylation is 4. The Bertz CT molecular complexity index is 5310. The minimum Gasteiger partial charge on any atom is -0.265 e. The Morgan fingerprint density at radius 2 is 0.640 bits per heavy atom. The summed E-state index contributed by atoms with van der Waals surface area (Å²) in [6, 6.07) is 38.2. The Morgan fingerprint density at radius 3 is 1.17 bits per heavy atom. The Morgan fingerprint density at radius 1 is 0.267 bits per heavy atom. The van der Waals surface area contributed by atoms with E-state index in [9.17, 15) is 0 Å². The lowest BCUT2D eigenvalue weighted by Crippen LogP contribution is -1.85. The fraction of sp³-hybridized carbons (Fsp3) is 0.0676. The molecule has 0 bridgehead atoms. The Kier molecular flexibility index (Phi) is 7.51. The summed E-state index contributed by atoms with van der Waals surface area (Å²) in [5.41, 5.74) is 4.51. The normalized spacial score (nSPS) is 14.9. The van der Waals surface area contributed by atoms with Gasteiger partial charge in [-0.25, -0.2) is 0 Å². The summed E-state index contributed by atoms with van der Waals surface area (Å²) < 4.78 is 148. The van der Waals surface area contributed by atoms with Crippen molar-refractivity contribution in [1.82, 2.24) is 4.98 Å². The van der Waals surface area contributed by atoms with Crippen LogP contribution >= 0.6 is 0 Å². The lowest BCUT2D eigenvalue weighted by Gasteiger charge is -2.11. The predicted octanol–water partition coefficient (Wildman–Crippen LogP) is 21.0. The molecular weight excluding hydrogens is 903 g/mol. The van der Waals surface area contributed by atoms with Crippen molar-refractivity contribution in [2.45, 2.75) is 34.6 Å². The van der Waals surface area contributed by atoms with Gasteiger partial charge in [0, 0.05) is 12.4 Å². The third-order valence-electron chi connectivity index (χ3n) is 14.1. The van der Waals surface area contributed by atoms with Crippen molar-refractivity contribution < 1.29 is 24.7 Å². The monoisotopic (exact) mass is 976 g/mol. The molecule has 0 aliphatic rings. The first-order chi connectivity index (χ1) is 44.3. The van der Waals surface area contributed by atoms with E-state index in [1.54, 1.807) is 19.3 Å². The fourth-order valence-electron chi connectivity index (χ4n) is 10.6. The molecule has 0 fully saturated rings. The van der Waals surface area contributed by atoms with Gasteiger partial charge in [-0.3, -0.25) is 4.98 Å². The van der Waals surface area contributed by atoms with Crippen LogP contribution in [0.4, 0.5) is 0 Å². The second-order valence-corrected chi connectivity index (χ2v) is 19.1. The zero-order valence-corrected chi connectivity index (χ0v) is 41.6. The molecule has 0 unspecified atom stereocenters. The first-order valence-electron chi connectivity index (χ1n) is 33.7. The van der Waals surface area contributed by atoms with Crippen LogP contribution in [0.5, 0.6) is 0 Å². The predicted molar refractivity (Wildman–Crippen MR) is 329 cm³/mol. The van der Waals surface area contributed by atoms with E-state index in [0.717, 1.165) is 0 Å². The molecule has 0 aliphatic heterocycles. The summed E-state index contributed by atoms with van der Waals surface area (Å²) in [6.07, 6.45) is 3.57. The molecule has 0 spiro atoms. The molecule has 16 aromatic carbocycles. The van der Waals surface area contributed by atoms with Gasteiger partial charge in [-0.2, -0.15) is 0 Å². The van der Waals surface area contributed by atoms with Crippen LogP contribution in [0.25, 0.3) is 129 Å². The highest BCUT2D eigenvalue weighted by Crippen LogP contribution is 2.39. The molecule has 17 aromatic rings. The van der Waals surface area contributed by atoms with E-state index in [2.05, 4.69) is 128 Å². The summed E-state index contributed by atoms with van der Waals surface area (Å²) in [7, 11) is 0. The largest absolute Gasteiger partial charge is 0.265 e. The van der Waals surface area contributed by atoms with Gasteiger partial charge < -0.3 is 0 Å². The summed E-state index contributed by atoms with van der Waals surface area (Å²) in [4.78, 5) is 3.85. The van der Waals surface area contributed by atoms with Gasteiger partial charge in [-0.1, -0.05) is 218 Å². The zero-order valence-electron chi connectivity index (χ0n) is 59.6. The van der Waals surface area contributed by atoms with Gasteiger partial charge in [0.2, 0.25) is 0 Å². The molecule has 356 valence electrons. The summed E-state index contributed by atoms with van der Waals surface area (Å²) in [5.74, 6) is 0. The van der Waals surface area contributed by atoms with Crippen molar-refractivity contribution in [1.29, 1.82) is 0 Å². The second-order valence-electron chi connectivity index (χ2n) is 19.1. The van der Waals surface area contributed by atoms with Crippen LogP contribution in [-0.4, -0.2) is 4.98 Å². The molecule has 17 rings (SSSR count). The van der Waals surface area contributed by atoms with Crippen molar-refractivity contribution in [2.24, 2.45) is 0 Å². The topological polar surface area (TPSA) is 12.9 Å². The smallest absolute Gasteiger partial charge is 0.0632 e. The lowest BCUT2D eigenvalue weighted by atomic mass is 9.92. The maximum atomic E-state index is 8.36. The maximum absolute atomic E-state index is 8.36. The van der Waals surface area contributed by atoms with E-state index in [0.29, 0.717) is 5.56 Å². The number of nitrogens with zero attached hydrogens (tertiary/aromatic N) is 1. The minimum atomic E-state index is -0.468. The van der Waals surface area contributed by atoms with Crippen molar-refractivity contribution in [2.75, 3.05) is 0 Å². The highest BCUT2D eigenvalue weighted by atomic mass is 14.6. The van der Waals surface area contributed by atoms with Crippen LogP contribution in [0, 0.1) is 34.6 Å². The number of pyridine rings is 1. The Hall–Kier alpha value is -9.17. The van der Waals surface area contributed by atoms with Crippen molar-refractivity contribution >= 4 is 129 Å². The Labute approximate surface area is 462 Å². The fourth-order valence-corrected chi connectivity index (χ4v) is 10.6. The van der Waals surface area contributed by atoms with Gasteiger partial charge in [0.25, 0.3) is 0 Å². The number of benzene rings is 16. The molecular formula is C74H55N. The highest BCUT2D eigenvalue weighted by molar-refractivity contribution is 6.26. The summed E-state index contributed by atoms with van der Waals surface area (Å²) in [6.45, 7) is 9.48. The summed E-state index contributed by atoms with van der Waals surface area (Å²) in [5, 5.41) is 17.5. The van der Waals surface area contributed by atoms with Gasteiger partial charge in [0.05, 0.1) is 24.7 Å². The molecule has 0 amide bonds. The third-order valence-corrected chi connectivity index (χ3v) is 14.1. The molecule has 0 aliphatic carbocycles. The molecule has 1 heterocycles. The molecule has 1 heteroatoms. The van der Waals surface area contributed by atoms with Crippen LogP contribution in [0.1, 0.15) is 52.5 Å². The number of hydrogen-bond donors (Lipinski definition) is 0. The highest BCUT2D eigenvalue weighted by Gasteiger charge is 2.12. The lowest BCUT2D eigenvalue weighted by molar-refractivity contribution is 1.29. The van der Waals surface area contributed by atoms with E-state index in [1.807, 2.05) is 19.1 Å². The van der Waals surface area contributed by atoms with Crippen LogP contribution in [-0.2, 0) is 0 Å². The molecule has 0 radical (unpaired) electrons. The van der Waals surface area contributed by atoms with Crippen LogP contribution in [0.2, 0.25) is 0 Å². The van der Waals surface area contributed by atoms with Crippen LogP contribution in [0.3, 0.4) is 0 Å². The van der Waals surface area contributed by atoms with Gasteiger partial charge >= 0.3 is 0 Å². The average Bonchev–Trinajstić information content (AvgIpc) is 0.699. The summed E-state index contributed by atoms with van der Waals surface area (Å²) >= 11 is 0. The van der Waals surface area contributed by atoms with Crippen molar-refractivity contribution in [3.8, 4) is 0 Å². The zero-order chi connectivity index (χ0) is 66.4. The maximum Gasteiger partial charge on any atom is 0.0632 e. The van der Waals surface area contributed by atoms with Gasteiger partial charge in [-0.05, 0) is 204 Å². The first kappa shape index (κ1) is 30.1. The average molecular weight is 976 g/mol. The van der Waals surface area contributed by atoms with E-state index >= 15 is 0 Å². The SMILES string of the molecule is Cc1cc2ccc3cccc4ccc(c1)c2c34.Cc1ccc2ccc3cccc4ccc1c2c34.Cc1ccncc1.[2H]c1c([2H])c2c([2H])c([2H])c3c([2H])c(C)c([2H])c4c([2H])c([2H])c(c1[2H])c2c34.[2H]c1c([2H])c2c([2H])c([2H])c3c([2H])c([2H])c(C)c4c([2H])c([2H])c(c1[2H])c2c34. The van der Waals surface area contributed by atoms with Crippen molar-refractivity contribution in [3.63, 3.8) is 0 Å². The molecule has 1 aromatic heterocycles. The molecule has 1 nitrogen and oxygen atoms in total. The standard InChI is InChI=1S/4C17H12.C6H7N/c2*1-11-9-14-7-5-12-3-2-4-13-6-8-15(10-11)17(14)16(12)13;2*1-11-5-6-14-8-7-12-3-2-4-13-9-10-15(11)17(14)16(12)13;1-6-2-4-7-5-3-6/h4*2-10H,1H3;2-5H,1H3/i2D,3D,4D,5D,6D,7D,8D,9D,10D;;2D,3D,4D,5D,6D,7D,8D,9D,10D;;. The van der Waals surface area contributed by atoms with E-state index in [4.69, 9.17) is 24.7 Å². The first-order valence-corrected chi connectivity index (χ1v) is 24.7. The van der Waals surface area contributed by atoms with E-state index < -0.39 is 12.1 Å². The van der Waals surface area contributed by atoms with Crippen molar-refractivity contribution in [3.05, 3.63) is 270 Å². The minimum absolute atomic E-state index is 0.0168. The van der Waals surface area contributed by atoms with Gasteiger partial charge in [0.15, 0.2) is 0 Å². The quantitative estimate of drug-likeness (QED) is 0.138. The van der Waals surface area contributed by atoms with E-state index in [-0.39, 0.29) is 167 Å². The molecule has 0 saturated heterocycles. The molecule has 0 saturated carbocycles. The number of aromatic nitrogens is 1. The van der Waals surface area contributed by atoms with Gasteiger partial charge in [0.1, 0.15) is 0 Å². The molecule has 75 heavy (non-hydrogen) atoms. The van der Waals surface area contributed by atoms with Crippen LogP contribution in [0.15, 0.2) is 242 Å². The number of rotatable bonds is 0. The third kappa shape index (κ3) is 8.18. The molecule has 0 atom stereocenters. The second kappa shape index (κ2) is 18.7. The van der Waals surface area contributed by atoms with E-state index in [1.165, 1.54) is 88.2 Å². The molecule has 0 N–H and O–H groups in total. The van der Waals surface area contributed by atoms with Gasteiger partial charge in [-0.15, -0.1) is 0 Å².